The average molecular weight is 321 g/mol. The SMILES string of the molecule is CCOc1ccc(CC2CN(C(=O)OC(C)(C)C)CCO2)cc1. The molecule has 0 N–H and O–H groups in total. The molecule has 128 valence electrons. The Kier molecular flexibility index (Phi) is 5.88. The van der Waals surface area contributed by atoms with Crippen LogP contribution in [0, 0.1) is 0 Å². The molecule has 0 spiro atoms. The van der Waals surface area contributed by atoms with Gasteiger partial charge in [-0.15, -0.1) is 0 Å². The lowest BCUT2D eigenvalue weighted by atomic mass is 10.1. The molecule has 0 radical (unpaired) electrons. The molecule has 1 saturated heterocycles. The molecule has 0 aromatic heterocycles. The lowest BCUT2D eigenvalue weighted by Gasteiger charge is -2.34. The molecule has 1 heterocycles. The van der Waals surface area contributed by atoms with Crippen LogP contribution in [0.5, 0.6) is 5.75 Å². The summed E-state index contributed by atoms with van der Waals surface area (Å²) in [6.07, 6.45) is 0.498. The van der Waals surface area contributed by atoms with E-state index in [0.29, 0.717) is 26.3 Å². The van der Waals surface area contributed by atoms with Crippen molar-refractivity contribution in [1.82, 2.24) is 4.90 Å². The minimum atomic E-state index is -0.472. The van der Waals surface area contributed by atoms with Gasteiger partial charge in [-0.1, -0.05) is 12.1 Å². The summed E-state index contributed by atoms with van der Waals surface area (Å²) in [4.78, 5) is 13.9. The zero-order valence-corrected chi connectivity index (χ0v) is 14.5. The number of rotatable bonds is 4. The summed E-state index contributed by atoms with van der Waals surface area (Å²) >= 11 is 0. The summed E-state index contributed by atoms with van der Waals surface area (Å²) in [6.45, 7) is 9.94. The minimum absolute atomic E-state index is 0.00536. The van der Waals surface area contributed by atoms with Crippen molar-refractivity contribution in [1.29, 1.82) is 0 Å². The molecule has 1 aliphatic heterocycles. The number of hydrogen-bond acceptors (Lipinski definition) is 4. The second kappa shape index (κ2) is 7.68. The van der Waals surface area contributed by atoms with Crippen molar-refractivity contribution in [2.45, 2.75) is 45.8 Å². The Morgan fingerprint density at radius 1 is 1.30 bits per heavy atom. The van der Waals surface area contributed by atoms with E-state index in [1.54, 1.807) is 4.90 Å². The molecule has 0 saturated carbocycles. The van der Waals surface area contributed by atoms with Gasteiger partial charge in [0.05, 0.1) is 25.9 Å². The van der Waals surface area contributed by atoms with E-state index in [4.69, 9.17) is 14.2 Å². The molecule has 2 rings (SSSR count). The molecule has 1 unspecified atom stereocenters. The highest BCUT2D eigenvalue weighted by molar-refractivity contribution is 5.68. The highest BCUT2D eigenvalue weighted by Crippen LogP contribution is 2.18. The fraction of sp³-hybridized carbons (Fsp3) is 0.611. The Labute approximate surface area is 138 Å². The van der Waals surface area contributed by atoms with E-state index >= 15 is 0 Å². The summed E-state index contributed by atoms with van der Waals surface area (Å²) in [5.74, 6) is 0.871. The number of amides is 1. The van der Waals surface area contributed by atoms with E-state index in [2.05, 4.69) is 0 Å². The van der Waals surface area contributed by atoms with Crippen LogP contribution in [-0.2, 0) is 15.9 Å². The lowest BCUT2D eigenvalue weighted by Crippen LogP contribution is -2.48. The monoisotopic (exact) mass is 321 g/mol. The number of carbonyl (C=O) groups excluding carboxylic acids is 1. The van der Waals surface area contributed by atoms with Crippen LogP contribution in [0.1, 0.15) is 33.3 Å². The van der Waals surface area contributed by atoms with Crippen LogP contribution >= 0.6 is 0 Å². The normalized spacial score (nSPS) is 18.6. The van der Waals surface area contributed by atoms with Gasteiger partial charge in [0.1, 0.15) is 11.4 Å². The van der Waals surface area contributed by atoms with Crippen molar-refractivity contribution in [2.75, 3.05) is 26.3 Å². The molecule has 23 heavy (non-hydrogen) atoms. The molecule has 1 atom stereocenters. The standard InChI is InChI=1S/C18H27NO4/c1-5-21-15-8-6-14(7-9-15)12-16-13-19(10-11-22-16)17(20)23-18(2,3)4/h6-9,16H,5,10-13H2,1-4H3. The second-order valence-electron chi connectivity index (χ2n) is 6.70. The van der Waals surface area contributed by atoms with E-state index in [1.165, 1.54) is 5.56 Å². The molecular formula is C18H27NO4. The fourth-order valence-corrected chi connectivity index (χ4v) is 2.49. The van der Waals surface area contributed by atoms with Gasteiger partial charge in [0.15, 0.2) is 0 Å². The van der Waals surface area contributed by atoms with Crippen molar-refractivity contribution in [2.24, 2.45) is 0 Å². The first-order chi connectivity index (χ1) is 10.9. The van der Waals surface area contributed by atoms with Crippen molar-refractivity contribution in [3.05, 3.63) is 29.8 Å². The molecule has 5 nitrogen and oxygen atoms in total. The van der Waals surface area contributed by atoms with Gasteiger partial charge in [0.2, 0.25) is 0 Å². The molecule has 0 aliphatic carbocycles. The van der Waals surface area contributed by atoms with Gasteiger partial charge in [0.25, 0.3) is 0 Å². The largest absolute Gasteiger partial charge is 0.494 e. The molecule has 1 amide bonds. The van der Waals surface area contributed by atoms with E-state index in [9.17, 15) is 4.79 Å². The predicted octanol–water partition coefficient (Wildman–Crippen LogP) is 3.26. The van der Waals surface area contributed by atoms with Gasteiger partial charge in [-0.2, -0.15) is 0 Å². The number of carbonyl (C=O) groups is 1. The van der Waals surface area contributed by atoms with Gasteiger partial charge < -0.3 is 19.1 Å². The van der Waals surface area contributed by atoms with Crippen molar-refractivity contribution >= 4 is 6.09 Å². The van der Waals surface area contributed by atoms with Crippen LogP contribution in [0.15, 0.2) is 24.3 Å². The van der Waals surface area contributed by atoms with E-state index in [0.717, 1.165) is 12.2 Å². The zero-order valence-electron chi connectivity index (χ0n) is 14.5. The van der Waals surface area contributed by atoms with Crippen LogP contribution in [0.2, 0.25) is 0 Å². The van der Waals surface area contributed by atoms with Gasteiger partial charge in [0, 0.05) is 13.0 Å². The van der Waals surface area contributed by atoms with E-state index in [1.807, 2.05) is 52.0 Å². The summed E-state index contributed by atoms with van der Waals surface area (Å²) < 4.78 is 16.7. The first-order valence-corrected chi connectivity index (χ1v) is 8.18. The van der Waals surface area contributed by atoms with Gasteiger partial charge in [-0.25, -0.2) is 4.79 Å². The Bertz CT molecular complexity index is 507. The van der Waals surface area contributed by atoms with Crippen molar-refractivity contribution in [3.63, 3.8) is 0 Å². The quantitative estimate of drug-likeness (QED) is 0.854. The van der Waals surface area contributed by atoms with Gasteiger partial charge in [-0.05, 0) is 45.4 Å². The van der Waals surface area contributed by atoms with Gasteiger partial charge in [-0.3, -0.25) is 0 Å². The smallest absolute Gasteiger partial charge is 0.410 e. The number of nitrogens with zero attached hydrogens (tertiary/aromatic N) is 1. The molecule has 1 aliphatic rings. The van der Waals surface area contributed by atoms with Crippen LogP contribution in [0.3, 0.4) is 0 Å². The molecule has 0 bridgehead atoms. The first kappa shape index (κ1) is 17.6. The maximum Gasteiger partial charge on any atom is 0.410 e. The summed E-state index contributed by atoms with van der Waals surface area (Å²) in [5.41, 5.74) is 0.699. The highest BCUT2D eigenvalue weighted by atomic mass is 16.6. The number of morpholine rings is 1. The summed E-state index contributed by atoms with van der Waals surface area (Å²) in [7, 11) is 0. The van der Waals surface area contributed by atoms with Crippen molar-refractivity contribution < 1.29 is 19.0 Å². The molecule has 1 aromatic rings. The van der Waals surface area contributed by atoms with Crippen LogP contribution < -0.4 is 4.74 Å². The Balaban J connectivity index is 1.89. The molecule has 1 aromatic carbocycles. The third-order valence-corrected chi connectivity index (χ3v) is 3.49. The third kappa shape index (κ3) is 5.75. The predicted molar refractivity (Wildman–Crippen MR) is 88.9 cm³/mol. The van der Waals surface area contributed by atoms with Crippen molar-refractivity contribution in [3.8, 4) is 5.75 Å². The molecular weight excluding hydrogens is 294 g/mol. The maximum absolute atomic E-state index is 12.2. The highest BCUT2D eigenvalue weighted by Gasteiger charge is 2.28. The number of ether oxygens (including phenoxy) is 3. The Morgan fingerprint density at radius 3 is 2.61 bits per heavy atom. The fourth-order valence-electron chi connectivity index (χ4n) is 2.49. The molecule has 1 fully saturated rings. The van der Waals surface area contributed by atoms with E-state index in [-0.39, 0.29) is 12.2 Å². The third-order valence-electron chi connectivity index (χ3n) is 3.49. The van der Waals surface area contributed by atoms with E-state index < -0.39 is 5.60 Å². The second-order valence-corrected chi connectivity index (χ2v) is 6.70. The Morgan fingerprint density at radius 2 is 2.00 bits per heavy atom. The maximum atomic E-state index is 12.2. The Hall–Kier alpha value is -1.75. The number of benzene rings is 1. The molecule has 5 heteroatoms. The van der Waals surface area contributed by atoms with Crippen LogP contribution in [0.4, 0.5) is 4.79 Å². The van der Waals surface area contributed by atoms with Gasteiger partial charge >= 0.3 is 6.09 Å². The van der Waals surface area contributed by atoms with Crippen LogP contribution in [-0.4, -0.2) is 49.0 Å². The summed E-state index contributed by atoms with van der Waals surface area (Å²) in [5, 5.41) is 0. The topological polar surface area (TPSA) is 48.0 Å². The first-order valence-electron chi connectivity index (χ1n) is 8.18. The number of hydrogen-bond donors (Lipinski definition) is 0. The minimum Gasteiger partial charge on any atom is -0.494 e. The zero-order chi connectivity index (χ0) is 16.9. The van der Waals surface area contributed by atoms with Crippen LogP contribution in [0.25, 0.3) is 0 Å². The average Bonchev–Trinajstić information content (AvgIpc) is 2.48. The summed E-state index contributed by atoms with van der Waals surface area (Å²) in [6, 6.07) is 8.02. The lowest BCUT2D eigenvalue weighted by molar-refractivity contribution is -0.0415.